The van der Waals surface area contributed by atoms with Crippen LogP contribution in [0.15, 0.2) is 59.3 Å². The summed E-state index contributed by atoms with van der Waals surface area (Å²) < 4.78 is 6.89. The number of nitrogens with one attached hydrogen (secondary N) is 2. The van der Waals surface area contributed by atoms with E-state index in [1.54, 1.807) is 48.5 Å². The molecule has 0 bridgehead atoms. The lowest BCUT2D eigenvalue weighted by Gasteiger charge is -2.06. The van der Waals surface area contributed by atoms with E-state index in [9.17, 15) is 9.59 Å². The lowest BCUT2D eigenvalue weighted by atomic mass is 10.2. The average Bonchev–Trinajstić information content (AvgIpc) is 3.35. The predicted molar refractivity (Wildman–Crippen MR) is 95.3 cm³/mol. The predicted octanol–water partition coefficient (Wildman–Crippen LogP) is 2.14. The molecule has 4 rings (SSSR count). The number of carbonyl (C=O) groups excluding carboxylic acids is 2. The fourth-order valence-corrected chi connectivity index (χ4v) is 2.60. The third-order valence-corrected chi connectivity index (χ3v) is 3.97. The Morgan fingerprint density at radius 3 is 2.52 bits per heavy atom. The first kappa shape index (κ1) is 16.7. The van der Waals surface area contributed by atoms with Gasteiger partial charge in [0.25, 0.3) is 5.91 Å². The number of nitrogens with zero attached hydrogens (tertiary/aromatic N) is 4. The van der Waals surface area contributed by atoms with Crippen LogP contribution < -0.4 is 10.9 Å². The SMILES string of the molecule is O=C(NNC(=O)c1cc2cc(Cl)ccc2o1)c1ccc(-n2cnnn2)cc1. The van der Waals surface area contributed by atoms with Crippen LogP contribution in [0, 0.1) is 0 Å². The van der Waals surface area contributed by atoms with E-state index in [2.05, 4.69) is 26.4 Å². The van der Waals surface area contributed by atoms with Gasteiger partial charge >= 0.3 is 5.91 Å². The molecule has 2 aromatic heterocycles. The van der Waals surface area contributed by atoms with Gasteiger partial charge in [0.1, 0.15) is 11.9 Å². The van der Waals surface area contributed by atoms with Crippen molar-refractivity contribution in [2.24, 2.45) is 0 Å². The Bertz CT molecular complexity index is 1120. The van der Waals surface area contributed by atoms with E-state index in [0.717, 1.165) is 0 Å². The maximum absolute atomic E-state index is 12.2. The van der Waals surface area contributed by atoms with E-state index in [1.165, 1.54) is 11.0 Å². The lowest BCUT2D eigenvalue weighted by Crippen LogP contribution is -2.41. The van der Waals surface area contributed by atoms with Crippen LogP contribution in [0.5, 0.6) is 0 Å². The molecular formula is C17H11ClN6O3. The van der Waals surface area contributed by atoms with Gasteiger partial charge in [-0.3, -0.25) is 20.4 Å². The summed E-state index contributed by atoms with van der Waals surface area (Å²) >= 11 is 5.91. The zero-order valence-electron chi connectivity index (χ0n) is 13.6. The van der Waals surface area contributed by atoms with E-state index in [4.69, 9.17) is 16.0 Å². The fourth-order valence-electron chi connectivity index (χ4n) is 2.42. The van der Waals surface area contributed by atoms with Crippen molar-refractivity contribution in [2.45, 2.75) is 0 Å². The summed E-state index contributed by atoms with van der Waals surface area (Å²) in [5.74, 6) is -1.01. The molecule has 10 heteroatoms. The summed E-state index contributed by atoms with van der Waals surface area (Å²) in [4.78, 5) is 24.3. The van der Waals surface area contributed by atoms with Crippen molar-refractivity contribution in [2.75, 3.05) is 0 Å². The number of hydrogen-bond acceptors (Lipinski definition) is 6. The highest BCUT2D eigenvalue weighted by molar-refractivity contribution is 6.31. The van der Waals surface area contributed by atoms with Gasteiger partial charge < -0.3 is 4.42 Å². The monoisotopic (exact) mass is 382 g/mol. The molecule has 0 radical (unpaired) electrons. The first-order valence-electron chi connectivity index (χ1n) is 7.73. The maximum atomic E-state index is 12.2. The second-order valence-electron chi connectivity index (χ2n) is 5.50. The number of halogens is 1. The first-order valence-corrected chi connectivity index (χ1v) is 8.11. The third-order valence-electron chi connectivity index (χ3n) is 3.73. The van der Waals surface area contributed by atoms with Gasteiger partial charge in [-0.05, 0) is 59.0 Å². The Morgan fingerprint density at radius 1 is 1.00 bits per heavy atom. The van der Waals surface area contributed by atoms with Crippen molar-refractivity contribution in [3.05, 3.63) is 71.2 Å². The highest BCUT2D eigenvalue weighted by atomic mass is 35.5. The normalized spacial score (nSPS) is 10.7. The lowest BCUT2D eigenvalue weighted by molar-refractivity contribution is 0.0832. The maximum Gasteiger partial charge on any atom is 0.305 e. The van der Waals surface area contributed by atoms with Crippen LogP contribution >= 0.6 is 11.6 Å². The molecule has 2 heterocycles. The zero-order valence-corrected chi connectivity index (χ0v) is 14.3. The number of benzene rings is 2. The second kappa shape index (κ2) is 6.89. The minimum Gasteiger partial charge on any atom is -0.451 e. The minimum absolute atomic E-state index is 0.0570. The van der Waals surface area contributed by atoms with Gasteiger partial charge in [0.05, 0.1) is 5.69 Å². The smallest absolute Gasteiger partial charge is 0.305 e. The van der Waals surface area contributed by atoms with E-state index in [1.807, 2.05) is 0 Å². The molecule has 0 saturated carbocycles. The molecule has 0 spiro atoms. The van der Waals surface area contributed by atoms with Gasteiger partial charge in [-0.1, -0.05) is 11.6 Å². The Kier molecular flexibility index (Phi) is 4.27. The molecule has 2 N–H and O–H groups in total. The molecule has 0 atom stereocenters. The van der Waals surface area contributed by atoms with Crippen molar-refractivity contribution in [3.8, 4) is 5.69 Å². The molecule has 2 aromatic carbocycles. The Balaban J connectivity index is 1.41. The fraction of sp³-hybridized carbons (Fsp3) is 0. The van der Waals surface area contributed by atoms with Crippen LogP contribution in [0.4, 0.5) is 0 Å². The summed E-state index contributed by atoms with van der Waals surface area (Å²) in [6.07, 6.45) is 1.44. The number of tetrazole rings is 1. The summed E-state index contributed by atoms with van der Waals surface area (Å²) in [5, 5.41) is 12.1. The molecule has 4 aromatic rings. The number of hydrogen-bond donors (Lipinski definition) is 2. The zero-order chi connectivity index (χ0) is 18.8. The highest BCUT2D eigenvalue weighted by Gasteiger charge is 2.14. The van der Waals surface area contributed by atoms with Crippen molar-refractivity contribution < 1.29 is 14.0 Å². The first-order chi connectivity index (χ1) is 13.1. The standard InChI is InChI=1S/C17H11ClN6O3/c18-12-3-6-14-11(7-12)8-15(27-14)17(26)21-20-16(25)10-1-4-13(5-2-10)24-9-19-22-23-24/h1-9H,(H,20,25)(H,21,26). The number of fused-ring (bicyclic) bond motifs is 1. The molecule has 27 heavy (non-hydrogen) atoms. The van der Waals surface area contributed by atoms with Crippen molar-refractivity contribution in [1.29, 1.82) is 0 Å². The molecule has 134 valence electrons. The second-order valence-corrected chi connectivity index (χ2v) is 5.94. The van der Waals surface area contributed by atoms with Gasteiger partial charge in [-0.25, -0.2) is 4.68 Å². The summed E-state index contributed by atoms with van der Waals surface area (Å²) in [6, 6.07) is 13.1. The number of hydrazine groups is 1. The van der Waals surface area contributed by atoms with Gasteiger partial charge in [0, 0.05) is 16.0 Å². The number of furan rings is 1. The third kappa shape index (κ3) is 3.48. The van der Waals surface area contributed by atoms with Crippen molar-refractivity contribution in [1.82, 2.24) is 31.1 Å². The quantitative estimate of drug-likeness (QED) is 0.524. The molecular weight excluding hydrogens is 372 g/mol. The summed E-state index contributed by atoms with van der Waals surface area (Å²) in [7, 11) is 0. The van der Waals surface area contributed by atoms with Gasteiger partial charge in [-0.2, -0.15) is 0 Å². The largest absolute Gasteiger partial charge is 0.451 e. The minimum atomic E-state index is -0.582. The number of carbonyl (C=O) groups is 2. The summed E-state index contributed by atoms with van der Waals surface area (Å²) in [5.41, 5.74) is 6.22. The molecule has 0 saturated heterocycles. The van der Waals surface area contributed by atoms with Gasteiger partial charge in [0.15, 0.2) is 5.76 Å². The van der Waals surface area contributed by atoms with Crippen LogP contribution in [-0.4, -0.2) is 32.0 Å². The topological polar surface area (TPSA) is 115 Å². The molecule has 0 aliphatic heterocycles. The van der Waals surface area contributed by atoms with E-state index in [-0.39, 0.29) is 5.76 Å². The Morgan fingerprint density at radius 2 is 1.78 bits per heavy atom. The van der Waals surface area contributed by atoms with Crippen LogP contribution in [0.2, 0.25) is 5.02 Å². The van der Waals surface area contributed by atoms with Crippen LogP contribution in [-0.2, 0) is 0 Å². The van der Waals surface area contributed by atoms with Crippen molar-refractivity contribution in [3.63, 3.8) is 0 Å². The van der Waals surface area contributed by atoms with Gasteiger partial charge in [-0.15, -0.1) is 5.10 Å². The number of amides is 2. The van der Waals surface area contributed by atoms with Crippen LogP contribution in [0.3, 0.4) is 0 Å². The molecule has 0 unspecified atom stereocenters. The Hall–Kier alpha value is -3.72. The number of aromatic nitrogens is 4. The Labute approximate surface area is 156 Å². The molecule has 0 aliphatic carbocycles. The van der Waals surface area contributed by atoms with E-state index >= 15 is 0 Å². The van der Waals surface area contributed by atoms with Crippen LogP contribution in [0.1, 0.15) is 20.9 Å². The molecule has 2 amide bonds. The average molecular weight is 383 g/mol. The molecule has 9 nitrogen and oxygen atoms in total. The molecule has 0 aliphatic rings. The van der Waals surface area contributed by atoms with E-state index < -0.39 is 11.8 Å². The van der Waals surface area contributed by atoms with Crippen molar-refractivity contribution >= 4 is 34.4 Å². The molecule has 0 fully saturated rings. The van der Waals surface area contributed by atoms with Gasteiger partial charge in [0.2, 0.25) is 0 Å². The summed E-state index contributed by atoms with van der Waals surface area (Å²) in [6.45, 7) is 0. The number of rotatable bonds is 3. The van der Waals surface area contributed by atoms with Crippen LogP contribution in [0.25, 0.3) is 16.7 Å². The highest BCUT2D eigenvalue weighted by Crippen LogP contribution is 2.22. The van der Waals surface area contributed by atoms with E-state index in [0.29, 0.717) is 27.2 Å².